The van der Waals surface area contributed by atoms with Crippen molar-refractivity contribution in [1.82, 2.24) is 10.2 Å². The van der Waals surface area contributed by atoms with Gasteiger partial charge in [0.25, 0.3) is 5.91 Å². The highest BCUT2D eigenvalue weighted by molar-refractivity contribution is 7.99. The fourth-order valence-corrected chi connectivity index (χ4v) is 4.00. The fraction of sp³-hybridized carbons (Fsp3) is 0.467. The molecule has 2 unspecified atom stereocenters. The molecule has 1 saturated heterocycles. The van der Waals surface area contributed by atoms with E-state index in [9.17, 15) is 9.59 Å². The van der Waals surface area contributed by atoms with E-state index in [1.165, 1.54) is 15.4 Å². The van der Waals surface area contributed by atoms with Gasteiger partial charge in [-0.2, -0.15) is 0 Å². The maximum Gasteiger partial charge on any atom is 0.325 e. The summed E-state index contributed by atoms with van der Waals surface area (Å²) in [5.74, 6) is 1.07. The van der Waals surface area contributed by atoms with Crippen molar-refractivity contribution in [2.24, 2.45) is 0 Å². The van der Waals surface area contributed by atoms with Crippen molar-refractivity contribution in [3.8, 4) is 0 Å². The molecule has 4 nitrogen and oxygen atoms in total. The molecule has 2 atom stereocenters. The summed E-state index contributed by atoms with van der Waals surface area (Å²) in [6.07, 6.45) is 0.615. The average molecular weight is 290 g/mol. The van der Waals surface area contributed by atoms with Crippen LogP contribution in [0.4, 0.5) is 4.79 Å². The van der Waals surface area contributed by atoms with E-state index in [2.05, 4.69) is 17.4 Å². The van der Waals surface area contributed by atoms with Crippen LogP contribution in [0.2, 0.25) is 0 Å². The van der Waals surface area contributed by atoms with Crippen molar-refractivity contribution in [3.63, 3.8) is 0 Å². The molecule has 20 heavy (non-hydrogen) atoms. The van der Waals surface area contributed by atoms with Crippen LogP contribution >= 0.6 is 11.8 Å². The van der Waals surface area contributed by atoms with Gasteiger partial charge in [-0.05, 0) is 25.0 Å². The molecule has 2 aliphatic heterocycles. The average Bonchev–Trinajstić information content (AvgIpc) is 2.95. The highest BCUT2D eigenvalue weighted by atomic mass is 32.2. The molecule has 0 aromatic heterocycles. The quantitative estimate of drug-likeness (QED) is 0.871. The van der Waals surface area contributed by atoms with Crippen molar-refractivity contribution in [2.45, 2.75) is 36.6 Å². The summed E-state index contributed by atoms with van der Waals surface area (Å²) in [4.78, 5) is 27.1. The summed E-state index contributed by atoms with van der Waals surface area (Å²) in [5, 5.41) is 2.81. The Labute approximate surface area is 122 Å². The van der Waals surface area contributed by atoms with Gasteiger partial charge in [-0.25, -0.2) is 4.79 Å². The van der Waals surface area contributed by atoms with E-state index in [0.29, 0.717) is 13.0 Å². The molecule has 0 radical (unpaired) electrons. The van der Waals surface area contributed by atoms with Gasteiger partial charge in [0.15, 0.2) is 0 Å². The van der Waals surface area contributed by atoms with Crippen LogP contribution in [0, 0.1) is 0 Å². The van der Waals surface area contributed by atoms with E-state index in [1.54, 1.807) is 18.7 Å². The second-order valence-corrected chi connectivity index (χ2v) is 6.64. The Kier molecular flexibility index (Phi) is 3.24. The van der Waals surface area contributed by atoms with Gasteiger partial charge >= 0.3 is 6.03 Å². The number of amides is 3. The van der Waals surface area contributed by atoms with E-state index in [0.717, 1.165) is 5.75 Å². The molecular weight excluding hydrogens is 272 g/mol. The van der Waals surface area contributed by atoms with Gasteiger partial charge in [0.2, 0.25) is 0 Å². The second kappa shape index (κ2) is 4.81. The first-order valence-corrected chi connectivity index (χ1v) is 7.89. The molecule has 0 saturated carbocycles. The highest BCUT2D eigenvalue weighted by Gasteiger charge is 2.47. The summed E-state index contributed by atoms with van der Waals surface area (Å²) in [7, 11) is 0. The van der Waals surface area contributed by atoms with Crippen LogP contribution in [0.5, 0.6) is 0 Å². The smallest absolute Gasteiger partial charge is 0.323 e. The Hall–Kier alpha value is -1.49. The van der Waals surface area contributed by atoms with Gasteiger partial charge < -0.3 is 5.32 Å². The van der Waals surface area contributed by atoms with Gasteiger partial charge in [-0.1, -0.05) is 25.1 Å². The number of rotatable bonds is 3. The van der Waals surface area contributed by atoms with Crippen molar-refractivity contribution in [3.05, 3.63) is 29.8 Å². The van der Waals surface area contributed by atoms with Gasteiger partial charge in [-0.3, -0.25) is 9.69 Å². The first-order valence-electron chi connectivity index (χ1n) is 6.91. The minimum absolute atomic E-state index is 0.0978. The minimum Gasteiger partial charge on any atom is -0.323 e. The van der Waals surface area contributed by atoms with Crippen molar-refractivity contribution >= 4 is 23.7 Å². The number of carbonyl (C=O) groups is 2. The van der Waals surface area contributed by atoms with E-state index in [1.807, 2.05) is 19.1 Å². The number of nitrogens with one attached hydrogen (secondary N) is 1. The topological polar surface area (TPSA) is 49.4 Å². The lowest BCUT2D eigenvalue weighted by atomic mass is 9.97. The zero-order valence-electron chi connectivity index (χ0n) is 11.7. The lowest BCUT2D eigenvalue weighted by Crippen LogP contribution is -2.43. The maximum atomic E-state index is 12.4. The van der Waals surface area contributed by atoms with E-state index in [4.69, 9.17) is 0 Å². The third-order valence-electron chi connectivity index (χ3n) is 4.25. The first kappa shape index (κ1) is 13.5. The molecule has 0 aliphatic carbocycles. The maximum absolute atomic E-state index is 12.4. The Morgan fingerprint density at radius 1 is 1.40 bits per heavy atom. The molecule has 106 valence electrons. The zero-order chi connectivity index (χ0) is 14.3. The number of thioether (sulfide) groups is 1. The molecule has 2 heterocycles. The monoisotopic (exact) mass is 290 g/mol. The predicted molar refractivity (Wildman–Crippen MR) is 78.8 cm³/mol. The van der Waals surface area contributed by atoms with Gasteiger partial charge in [0.1, 0.15) is 5.54 Å². The number of fused-ring (bicyclic) bond motifs is 1. The molecule has 1 N–H and O–H groups in total. The largest absolute Gasteiger partial charge is 0.325 e. The number of hydrogen-bond acceptors (Lipinski definition) is 3. The third kappa shape index (κ3) is 2.00. The SMILES string of the molecule is CCC1(C)NC(=O)N(CC2CSc3ccccc32)C1=O. The fourth-order valence-electron chi connectivity index (χ4n) is 2.75. The van der Waals surface area contributed by atoms with E-state index < -0.39 is 5.54 Å². The zero-order valence-corrected chi connectivity index (χ0v) is 12.5. The summed E-state index contributed by atoms with van der Waals surface area (Å²) in [6.45, 7) is 4.19. The summed E-state index contributed by atoms with van der Waals surface area (Å²) >= 11 is 1.80. The number of hydrogen-bond donors (Lipinski definition) is 1. The molecule has 0 bridgehead atoms. The van der Waals surface area contributed by atoms with Crippen molar-refractivity contribution < 1.29 is 9.59 Å². The molecule has 0 spiro atoms. The van der Waals surface area contributed by atoms with Crippen LogP contribution in [0.1, 0.15) is 31.7 Å². The highest BCUT2D eigenvalue weighted by Crippen LogP contribution is 2.40. The van der Waals surface area contributed by atoms with E-state index >= 15 is 0 Å². The molecule has 1 aromatic rings. The third-order valence-corrected chi connectivity index (χ3v) is 5.51. The molecule has 2 aliphatic rings. The molecule has 5 heteroatoms. The number of nitrogens with zero attached hydrogens (tertiary/aromatic N) is 1. The number of carbonyl (C=O) groups excluding carboxylic acids is 2. The number of benzene rings is 1. The summed E-state index contributed by atoms with van der Waals surface area (Å²) in [5.41, 5.74) is 0.519. The van der Waals surface area contributed by atoms with Gasteiger partial charge in [0, 0.05) is 23.1 Å². The molecule has 1 fully saturated rings. The van der Waals surface area contributed by atoms with Crippen LogP contribution in [0.15, 0.2) is 29.2 Å². The summed E-state index contributed by atoms with van der Waals surface area (Å²) < 4.78 is 0. The van der Waals surface area contributed by atoms with Crippen LogP contribution in [-0.2, 0) is 4.79 Å². The number of imide groups is 1. The Morgan fingerprint density at radius 3 is 2.85 bits per heavy atom. The second-order valence-electron chi connectivity index (χ2n) is 5.58. The normalized spacial score (nSPS) is 28.7. The van der Waals surface area contributed by atoms with Crippen molar-refractivity contribution in [1.29, 1.82) is 0 Å². The Balaban J connectivity index is 1.80. The van der Waals surface area contributed by atoms with Crippen LogP contribution in [0.25, 0.3) is 0 Å². The molecule has 3 amide bonds. The molecular formula is C15H18N2O2S. The molecule has 1 aromatic carbocycles. The Morgan fingerprint density at radius 2 is 2.15 bits per heavy atom. The van der Waals surface area contributed by atoms with Gasteiger partial charge in [-0.15, -0.1) is 11.8 Å². The summed E-state index contributed by atoms with van der Waals surface area (Å²) in [6, 6.07) is 7.98. The van der Waals surface area contributed by atoms with E-state index in [-0.39, 0.29) is 17.9 Å². The lowest BCUT2D eigenvalue weighted by molar-refractivity contribution is -0.131. The molecule has 3 rings (SSSR count). The first-order chi connectivity index (χ1) is 9.55. The minimum atomic E-state index is -0.734. The van der Waals surface area contributed by atoms with Crippen molar-refractivity contribution in [2.75, 3.05) is 12.3 Å². The predicted octanol–water partition coefficient (Wildman–Crippen LogP) is 2.60. The standard InChI is InChI=1S/C15H18N2O2S/c1-3-15(2)13(18)17(14(19)16-15)8-10-9-20-12-7-5-4-6-11(10)12/h4-7,10H,3,8-9H2,1-2H3,(H,16,19). The Bertz CT molecular complexity index is 575. The van der Waals surface area contributed by atoms with Crippen LogP contribution < -0.4 is 5.32 Å². The van der Waals surface area contributed by atoms with Crippen LogP contribution in [0.3, 0.4) is 0 Å². The van der Waals surface area contributed by atoms with Crippen LogP contribution in [-0.4, -0.2) is 34.7 Å². The van der Waals surface area contributed by atoms with Gasteiger partial charge in [0.05, 0.1) is 0 Å². The lowest BCUT2D eigenvalue weighted by Gasteiger charge is -2.21. The number of urea groups is 1.